The number of hydrogen-bond donors (Lipinski definition) is 0. The van der Waals surface area contributed by atoms with Gasteiger partial charge in [0.1, 0.15) is 0 Å². The Morgan fingerprint density at radius 2 is 1.71 bits per heavy atom. The lowest BCUT2D eigenvalue weighted by molar-refractivity contribution is -0.870. The van der Waals surface area contributed by atoms with E-state index in [1.165, 1.54) is 6.42 Å². The second kappa shape index (κ2) is 6.65. The number of nitrogens with zero attached hydrogens (tertiary/aromatic N) is 1. The standard InChI is InChI=1S/C10H21NO3/c1-11(2,3)8-6-4-5-7-9-14-10(12)13/h4-9H2,1-3H3. The third-order valence-electron chi connectivity index (χ3n) is 1.94. The number of carbonyl (C=O) groups excluding carboxylic acids is 1. The van der Waals surface area contributed by atoms with Gasteiger partial charge in [-0.1, -0.05) is 6.42 Å². The van der Waals surface area contributed by atoms with Gasteiger partial charge in [-0.05, 0) is 19.3 Å². The van der Waals surface area contributed by atoms with Crippen molar-refractivity contribution in [1.82, 2.24) is 0 Å². The fourth-order valence-electron chi connectivity index (χ4n) is 1.20. The molecule has 14 heavy (non-hydrogen) atoms. The van der Waals surface area contributed by atoms with Gasteiger partial charge in [-0.15, -0.1) is 0 Å². The summed E-state index contributed by atoms with van der Waals surface area (Å²) in [5.74, 6) is 0. The Bertz CT molecular complexity index is 163. The second-order valence-corrected chi connectivity index (χ2v) is 4.53. The summed E-state index contributed by atoms with van der Waals surface area (Å²) in [5.41, 5.74) is 0. The van der Waals surface area contributed by atoms with E-state index in [9.17, 15) is 9.90 Å². The van der Waals surface area contributed by atoms with Crippen LogP contribution in [-0.2, 0) is 4.74 Å². The molecule has 0 aromatic heterocycles. The number of carbonyl (C=O) groups is 1. The third-order valence-corrected chi connectivity index (χ3v) is 1.94. The molecule has 0 aliphatic carbocycles. The predicted octanol–water partition coefficient (Wildman–Crippen LogP) is 0.613. The maximum Gasteiger partial charge on any atom is 0.251 e. The molecule has 0 bridgehead atoms. The van der Waals surface area contributed by atoms with E-state index in [1.54, 1.807) is 0 Å². The normalized spacial score (nSPS) is 11.4. The molecule has 0 N–H and O–H groups in total. The number of rotatable bonds is 7. The van der Waals surface area contributed by atoms with Crippen molar-refractivity contribution in [3.8, 4) is 0 Å². The van der Waals surface area contributed by atoms with Crippen LogP contribution in [0.1, 0.15) is 25.7 Å². The maximum absolute atomic E-state index is 9.88. The third kappa shape index (κ3) is 11.2. The quantitative estimate of drug-likeness (QED) is 0.346. The van der Waals surface area contributed by atoms with Crippen LogP contribution in [0.2, 0.25) is 0 Å². The Kier molecular flexibility index (Phi) is 6.28. The van der Waals surface area contributed by atoms with Gasteiger partial charge in [0.05, 0.1) is 27.7 Å². The molecule has 84 valence electrons. The van der Waals surface area contributed by atoms with Crippen molar-refractivity contribution in [3.05, 3.63) is 0 Å². The second-order valence-electron chi connectivity index (χ2n) is 4.53. The van der Waals surface area contributed by atoms with Crippen LogP contribution < -0.4 is 5.11 Å². The van der Waals surface area contributed by atoms with Gasteiger partial charge in [0.25, 0.3) is 6.16 Å². The maximum atomic E-state index is 9.88. The molecule has 0 atom stereocenters. The molecule has 0 fully saturated rings. The van der Waals surface area contributed by atoms with Crippen molar-refractivity contribution in [2.24, 2.45) is 0 Å². The number of carboxylic acid groups (broad SMARTS) is 1. The van der Waals surface area contributed by atoms with Gasteiger partial charge in [0.15, 0.2) is 0 Å². The monoisotopic (exact) mass is 203 g/mol. The zero-order valence-corrected chi connectivity index (χ0v) is 9.41. The van der Waals surface area contributed by atoms with Gasteiger partial charge >= 0.3 is 0 Å². The van der Waals surface area contributed by atoms with E-state index in [1.807, 2.05) is 0 Å². The van der Waals surface area contributed by atoms with Crippen molar-refractivity contribution in [3.63, 3.8) is 0 Å². The van der Waals surface area contributed by atoms with Crippen LogP contribution in [-0.4, -0.2) is 44.9 Å². The van der Waals surface area contributed by atoms with Crippen molar-refractivity contribution >= 4 is 6.16 Å². The molecule has 0 radical (unpaired) electrons. The molecule has 0 spiro atoms. The first kappa shape index (κ1) is 13.2. The molecule has 4 nitrogen and oxygen atoms in total. The van der Waals surface area contributed by atoms with Crippen molar-refractivity contribution in [1.29, 1.82) is 0 Å². The zero-order chi connectivity index (χ0) is 11.0. The lowest BCUT2D eigenvalue weighted by Gasteiger charge is -2.23. The highest BCUT2D eigenvalue weighted by molar-refractivity contribution is 5.53. The van der Waals surface area contributed by atoms with E-state index in [-0.39, 0.29) is 6.61 Å². The van der Waals surface area contributed by atoms with Crippen molar-refractivity contribution in [2.45, 2.75) is 25.7 Å². The highest BCUT2D eigenvalue weighted by Gasteiger charge is 2.04. The van der Waals surface area contributed by atoms with Crippen LogP contribution in [0, 0.1) is 0 Å². The van der Waals surface area contributed by atoms with Gasteiger partial charge in [-0.2, -0.15) is 0 Å². The molecular weight excluding hydrogens is 182 g/mol. The first-order chi connectivity index (χ1) is 6.42. The summed E-state index contributed by atoms with van der Waals surface area (Å²) in [6, 6.07) is 0. The lowest BCUT2D eigenvalue weighted by atomic mass is 10.2. The van der Waals surface area contributed by atoms with E-state index in [2.05, 4.69) is 25.9 Å². The Balaban J connectivity index is 3.11. The molecule has 0 aliphatic heterocycles. The average Bonchev–Trinajstić information content (AvgIpc) is 2.00. The molecule has 0 saturated carbocycles. The predicted molar refractivity (Wildman–Crippen MR) is 52.7 cm³/mol. The number of quaternary nitrogens is 1. The molecule has 0 rings (SSSR count). The summed E-state index contributed by atoms with van der Waals surface area (Å²) in [6.45, 7) is 1.42. The largest absolute Gasteiger partial charge is 0.550 e. The zero-order valence-electron chi connectivity index (χ0n) is 9.41. The SMILES string of the molecule is C[N+](C)(C)CCCCCCOC(=O)[O-]. The van der Waals surface area contributed by atoms with Crippen LogP contribution in [0.15, 0.2) is 0 Å². The summed E-state index contributed by atoms with van der Waals surface area (Å²) in [7, 11) is 6.50. The molecule has 0 heterocycles. The minimum Gasteiger partial charge on any atom is -0.550 e. The van der Waals surface area contributed by atoms with Crippen molar-refractivity contribution in [2.75, 3.05) is 34.3 Å². The number of unbranched alkanes of at least 4 members (excludes halogenated alkanes) is 3. The minimum atomic E-state index is -1.42. The van der Waals surface area contributed by atoms with E-state index in [0.717, 1.165) is 30.3 Å². The van der Waals surface area contributed by atoms with Gasteiger partial charge in [-0.25, -0.2) is 0 Å². The summed E-state index contributed by atoms with van der Waals surface area (Å²) in [4.78, 5) is 9.88. The first-order valence-electron chi connectivity index (χ1n) is 5.06. The van der Waals surface area contributed by atoms with Crippen LogP contribution >= 0.6 is 0 Å². The molecule has 0 aromatic carbocycles. The van der Waals surface area contributed by atoms with Crippen molar-refractivity contribution < 1.29 is 19.1 Å². The lowest BCUT2D eigenvalue weighted by Crippen LogP contribution is -2.35. The fraction of sp³-hybridized carbons (Fsp3) is 0.900. The minimum absolute atomic E-state index is 0.271. The highest BCUT2D eigenvalue weighted by Crippen LogP contribution is 2.03. The van der Waals surface area contributed by atoms with Gasteiger partial charge < -0.3 is 19.1 Å². The summed E-state index contributed by atoms with van der Waals surface area (Å²) in [5, 5.41) is 9.88. The van der Waals surface area contributed by atoms with E-state index < -0.39 is 6.16 Å². The van der Waals surface area contributed by atoms with Crippen LogP contribution in [0.4, 0.5) is 4.79 Å². The number of ether oxygens (including phenoxy) is 1. The molecule has 0 unspecified atom stereocenters. The van der Waals surface area contributed by atoms with Crippen LogP contribution in [0.3, 0.4) is 0 Å². The van der Waals surface area contributed by atoms with E-state index >= 15 is 0 Å². The van der Waals surface area contributed by atoms with E-state index in [4.69, 9.17) is 0 Å². The van der Waals surface area contributed by atoms with Gasteiger partial charge in [0, 0.05) is 6.61 Å². The fourth-order valence-corrected chi connectivity index (χ4v) is 1.20. The first-order valence-corrected chi connectivity index (χ1v) is 5.06. The Labute approximate surface area is 86.1 Å². The molecule has 0 saturated heterocycles. The molecule has 0 amide bonds. The average molecular weight is 203 g/mol. The topological polar surface area (TPSA) is 49.4 Å². The Hall–Kier alpha value is -0.770. The summed E-state index contributed by atoms with van der Waals surface area (Å²) in [6.07, 6.45) is 2.70. The van der Waals surface area contributed by atoms with Crippen LogP contribution in [0.25, 0.3) is 0 Å². The van der Waals surface area contributed by atoms with Crippen LogP contribution in [0.5, 0.6) is 0 Å². The van der Waals surface area contributed by atoms with Gasteiger partial charge in [0.2, 0.25) is 0 Å². The molecule has 0 aromatic rings. The smallest absolute Gasteiger partial charge is 0.251 e. The molecule has 0 aliphatic rings. The Morgan fingerprint density at radius 3 is 2.21 bits per heavy atom. The molecule has 4 heteroatoms. The number of hydrogen-bond acceptors (Lipinski definition) is 3. The summed E-state index contributed by atoms with van der Waals surface area (Å²) >= 11 is 0. The highest BCUT2D eigenvalue weighted by atomic mass is 16.7. The van der Waals surface area contributed by atoms with Gasteiger partial charge in [-0.3, -0.25) is 0 Å². The van der Waals surface area contributed by atoms with E-state index in [0.29, 0.717) is 0 Å². The molecular formula is C10H21NO3. The summed E-state index contributed by atoms with van der Waals surface area (Å²) < 4.78 is 5.27. The Morgan fingerprint density at radius 1 is 1.14 bits per heavy atom.